The van der Waals surface area contributed by atoms with E-state index in [2.05, 4.69) is 51.1 Å². The molecule has 49 heavy (non-hydrogen) atoms. The van der Waals surface area contributed by atoms with Gasteiger partial charge in [-0.25, -0.2) is 9.67 Å². The summed E-state index contributed by atoms with van der Waals surface area (Å²) in [5, 5.41) is 11.9. The van der Waals surface area contributed by atoms with Crippen molar-refractivity contribution in [3.63, 3.8) is 0 Å². The SMILES string of the molecule is Cc1nc(C(=O)NCCCCCCOCCCC[C@H]2CCC[C@@H](n3cc([C@H]4CCC[C@@H](CCCCOCc5ccccc5)O4)nn3)O2)co1. The van der Waals surface area contributed by atoms with Crippen LogP contribution in [0.2, 0.25) is 0 Å². The molecule has 1 N–H and O–H groups in total. The number of benzene rings is 1. The van der Waals surface area contributed by atoms with Gasteiger partial charge in [0.15, 0.2) is 17.8 Å². The maximum Gasteiger partial charge on any atom is 0.273 e. The maximum atomic E-state index is 12.0. The molecule has 0 bridgehead atoms. The van der Waals surface area contributed by atoms with Gasteiger partial charge < -0.3 is 28.7 Å². The van der Waals surface area contributed by atoms with Gasteiger partial charge in [-0.15, -0.1) is 5.10 Å². The lowest BCUT2D eigenvalue weighted by Gasteiger charge is -2.30. The second-order valence-electron chi connectivity index (χ2n) is 13.5. The molecule has 2 aromatic heterocycles. The second-order valence-corrected chi connectivity index (χ2v) is 13.5. The number of oxazole rings is 1. The second kappa shape index (κ2) is 21.2. The van der Waals surface area contributed by atoms with E-state index in [9.17, 15) is 4.79 Å². The van der Waals surface area contributed by atoms with Crippen LogP contribution in [-0.4, -0.2) is 64.5 Å². The standard InChI is InChI=1S/C38H57N5O6/c1-30-40-35(29-47-30)38(44)39-23-9-2-3-10-24-45-25-11-7-18-33-20-14-22-37(49-33)43-27-34(41-42-43)36-21-13-19-32(48-36)17-8-12-26-46-28-31-15-5-4-6-16-31/h4-6,15-16,27,29,32-33,36-37H,2-3,7-14,17-26,28H2,1H3,(H,39,44)/t32-,33+,36-,37+/m1/s1. The van der Waals surface area contributed by atoms with E-state index in [-0.39, 0.29) is 30.4 Å². The lowest BCUT2D eigenvalue weighted by molar-refractivity contribution is -0.0993. The van der Waals surface area contributed by atoms with E-state index >= 15 is 0 Å². The van der Waals surface area contributed by atoms with Crippen molar-refractivity contribution < 1.29 is 28.2 Å². The van der Waals surface area contributed by atoms with Gasteiger partial charge in [-0.1, -0.05) is 48.4 Å². The lowest BCUT2D eigenvalue weighted by atomic mass is 9.99. The summed E-state index contributed by atoms with van der Waals surface area (Å²) < 4.78 is 31.7. The monoisotopic (exact) mass is 679 g/mol. The van der Waals surface area contributed by atoms with E-state index in [1.807, 2.05) is 10.7 Å². The van der Waals surface area contributed by atoms with Gasteiger partial charge in [0.25, 0.3) is 5.91 Å². The number of rotatable bonds is 22. The van der Waals surface area contributed by atoms with Crippen LogP contribution in [0.1, 0.15) is 143 Å². The van der Waals surface area contributed by atoms with Crippen LogP contribution < -0.4 is 5.32 Å². The Morgan fingerprint density at radius 3 is 2.35 bits per heavy atom. The average Bonchev–Trinajstić information content (AvgIpc) is 3.81. The largest absolute Gasteiger partial charge is 0.448 e. The number of ether oxygens (including phenoxy) is 4. The van der Waals surface area contributed by atoms with Crippen molar-refractivity contribution in [2.75, 3.05) is 26.4 Å². The normalized spacial score (nSPS) is 21.2. The summed E-state index contributed by atoms with van der Waals surface area (Å²) in [7, 11) is 0. The quantitative estimate of drug-likeness (QED) is 0.106. The number of carbonyl (C=O) groups excluding carboxylic acids is 1. The van der Waals surface area contributed by atoms with Crippen LogP contribution >= 0.6 is 0 Å². The van der Waals surface area contributed by atoms with Gasteiger partial charge in [0.2, 0.25) is 0 Å². The minimum Gasteiger partial charge on any atom is -0.448 e. The van der Waals surface area contributed by atoms with Crippen molar-refractivity contribution in [1.82, 2.24) is 25.3 Å². The Morgan fingerprint density at radius 1 is 0.857 bits per heavy atom. The van der Waals surface area contributed by atoms with Crippen LogP contribution in [0.5, 0.6) is 0 Å². The first-order valence-electron chi connectivity index (χ1n) is 18.8. The molecule has 1 amide bonds. The molecule has 4 heterocycles. The van der Waals surface area contributed by atoms with Gasteiger partial charge in [-0.05, 0) is 95.5 Å². The van der Waals surface area contributed by atoms with Crippen LogP contribution in [-0.2, 0) is 25.6 Å². The molecular formula is C38H57N5O6. The Balaban J connectivity index is 0.871. The molecule has 2 saturated heterocycles. The minimum atomic E-state index is -0.177. The number of nitrogens with zero attached hydrogens (tertiary/aromatic N) is 4. The number of aryl methyl sites for hydroxylation is 1. The molecule has 2 fully saturated rings. The van der Waals surface area contributed by atoms with Crippen molar-refractivity contribution in [3.05, 3.63) is 65.6 Å². The molecular weight excluding hydrogens is 622 g/mol. The Labute approximate surface area is 291 Å². The van der Waals surface area contributed by atoms with Gasteiger partial charge in [-0.2, -0.15) is 0 Å². The Morgan fingerprint density at radius 2 is 1.57 bits per heavy atom. The molecule has 0 unspecified atom stereocenters. The summed E-state index contributed by atoms with van der Waals surface area (Å²) in [5.41, 5.74) is 2.50. The highest BCUT2D eigenvalue weighted by atomic mass is 16.5. The maximum absolute atomic E-state index is 12.0. The van der Waals surface area contributed by atoms with Gasteiger partial charge in [0.1, 0.15) is 18.1 Å². The number of amides is 1. The fourth-order valence-corrected chi connectivity index (χ4v) is 6.65. The van der Waals surface area contributed by atoms with Crippen molar-refractivity contribution in [3.8, 4) is 0 Å². The van der Waals surface area contributed by atoms with Gasteiger partial charge >= 0.3 is 0 Å². The Kier molecular flexibility index (Phi) is 16.1. The fourth-order valence-electron chi connectivity index (χ4n) is 6.65. The van der Waals surface area contributed by atoms with Crippen molar-refractivity contribution in [1.29, 1.82) is 0 Å². The first-order valence-corrected chi connectivity index (χ1v) is 18.8. The summed E-state index contributed by atoms with van der Waals surface area (Å²) in [5.74, 6) is 0.324. The Bertz CT molecular complexity index is 1330. The highest BCUT2D eigenvalue weighted by Gasteiger charge is 2.28. The number of hydrogen-bond donors (Lipinski definition) is 1. The average molecular weight is 680 g/mol. The molecule has 3 aromatic rings. The van der Waals surface area contributed by atoms with Crippen LogP contribution in [0.4, 0.5) is 0 Å². The molecule has 1 aromatic carbocycles. The number of aromatic nitrogens is 4. The minimum absolute atomic E-state index is 0.0178. The molecule has 0 saturated carbocycles. The van der Waals surface area contributed by atoms with Gasteiger partial charge in [-0.3, -0.25) is 4.79 Å². The molecule has 5 rings (SSSR count). The summed E-state index contributed by atoms with van der Waals surface area (Å²) in [6.45, 7) is 5.42. The fraction of sp³-hybridized carbons (Fsp3) is 0.684. The summed E-state index contributed by atoms with van der Waals surface area (Å²) in [6, 6.07) is 10.3. The van der Waals surface area contributed by atoms with Gasteiger partial charge in [0.05, 0.1) is 25.0 Å². The zero-order valence-electron chi connectivity index (χ0n) is 29.4. The summed E-state index contributed by atoms with van der Waals surface area (Å²) in [4.78, 5) is 16.0. The van der Waals surface area contributed by atoms with Crippen LogP contribution in [0.25, 0.3) is 0 Å². The van der Waals surface area contributed by atoms with E-state index < -0.39 is 0 Å². The molecule has 270 valence electrons. The molecule has 2 aliphatic heterocycles. The number of unbranched alkanes of at least 4 members (excludes halogenated alkanes) is 5. The molecule has 0 aliphatic carbocycles. The van der Waals surface area contributed by atoms with Crippen LogP contribution in [0.15, 0.2) is 47.2 Å². The third-order valence-electron chi connectivity index (χ3n) is 9.42. The summed E-state index contributed by atoms with van der Waals surface area (Å²) >= 11 is 0. The highest BCUT2D eigenvalue weighted by Crippen LogP contribution is 2.34. The van der Waals surface area contributed by atoms with E-state index in [0.717, 1.165) is 128 Å². The predicted molar refractivity (Wildman–Crippen MR) is 186 cm³/mol. The number of nitrogens with one attached hydrogen (secondary N) is 1. The lowest BCUT2D eigenvalue weighted by Crippen LogP contribution is -2.26. The smallest absolute Gasteiger partial charge is 0.273 e. The first-order chi connectivity index (χ1) is 24.1. The molecule has 2 aliphatic rings. The van der Waals surface area contributed by atoms with Crippen molar-refractivity contribution >= 4 is 5.91 Å². The molecule has 11 nitrogen and oxygen atoms in total. The summed E-state index contributed by atoms with van der Waals surface area (Å²) in [6.07, 6.45) is 21.0. The third kappa shape index (κ3) is 13.3. The highest BCUT2D eigenvalue weighted by molar-refractivity contribution is 5.91. The van der Waals surface area contributed by atoms with Gasteiger partial charge in [0, 0.05) is 33.3 Å². The van der Waals surface area contributed by atoms with Crippen LogP contribution in [0.3, 0.4) is 0 Å². The predicted octanol–water partition coefficient (Wildman–Crippen LogP) is 7.82. The third-order valence-corrected chi connectivity index (χ3v) is 9.42. The van der Waals surface area contributed by atoms with E-state index in [4.69, 9.17) is 23.4 Å². The van der Waals surface area contributed by atoms with Crippen LogP contribution in [0, 0.1) is 6.92 Å². The zero-order chi connectivity index (χ0) is 33.9. The van der Waals surface area contributed by atoms with E-state index in [1.165, 1.54) is 11.8 Å². The van der Waals surface area contributed by atoms with E-state index in [1.54, 1.807) is 6.92 Å². The topological polar surface area (TPSA) is 123 Å². The molecule has 0 radical (unpaired) electrons. The first kappa shape index (κ1) is 37.1. The molecule has 4 atom stereocenters. The Hall–Kier alpha value is -3.12. The number of hydrogen-bond acceptors (Lipinski definition) is 9. The number of carbonyl (C=O) groups is 1. The molecule has 11 heteroatoms. The van der Waals surface area contributed by atoms with E-state index in [0.29, 0.717) is 24.7 Å². The van der Waals surface area contributed by atoms with Crippen molar-refractivity contribution in [2.24, 2.45) is 0 Å². The zero-order valence-corrected chi connectivity index (χ0v) is 29.4. The molecule has 0 spiro atoms. The van der Waals surface area contributed by atoms with Crippen molar-refractivity contribution in [2.45, 2.75) is 141 Å².